The van der Waals surface area contributed by atoms with Gasteiger partial charge in [-0.1, -0.05) is 26.2 Å². The molecule has 0 heterocycles. The molecule has 1 rings (SSSR count). The molecule has 1 aliphatic rings. The van der Waals surface area contributed by atoms with E-state index >= 15 is 0 Å². The lowest BCUT2D eigenvalue weighted by Gasteiger charge is -2.33. The summed E-state index contributed by atoms with van der Waals surface area (Å²) in [6, 6.07) is 0.358. The number of amides is 1. The average Bonchev–Trinajstić information content (AvgIpc) is 2.34. The van der Waals surface area contributed by atoms with Crippen molar-refractivity contribution in [2.45, 2.75) is 76.9 Å². The number of aliphatic hydroxyl groups excluding tert-OH is 1. The Morgan fingerprint density at radius 2 is 1.82 bits per heavy atom. The van der Waals surface area contributed by atoms with E-state index < -0.39 is 0 Å². The fraction of sp³-hybridized carbons (Fsp3) is 0.929. The fourth-order valence-electron chi connectivity index (χ4n) is 2.53. The highest BCUT2D eigenvalue weighted by atomic mass is 16.3. The molecule has 17 heavy (non-hydrogen) atoms. The molecule has 1 N–H and O–H groups in total. The zero-order valence-electron chi connectivity index (χ0n) is 11.3. The second kappa shape index (κ2) is 7.70. The summed E-state index contributed by atoms with van der Waals surface area (Å²) in [5.41, 5.74) is 0. The molecule has 1 fully saturated rings. The number of aliphatic hydroxyl groups is 1. The van der Waals surface area contributed by atoms with Crippen LogP contribution in [-0.4, -0.2) is 35.1 Å². The molecule has 0 radical (unpaired) electrons. The highest BCUT2D eigenvalue weighted by molar-refractivity contribution is 5.76. The Labute approximate surface area is 105 Å². The van der Waals surface area contributed by atoms with E-state index in [2.05, 4.69) is 6.92 Å². The second-order valence-corrected chi connectivity index (χ2v) is 5.28. The van der Waals surface area contributed by atoms with Crippen LogP contribution in [0.2, 0.25) is 0 Å². The summed E-state index contributed by atoms with van der Waals surface area (Å²) in [7, 11) is 1.92. The quantitative estimate of drug-likeness (QED) is 0.726. The van der Waals surface area contributed by atoms with Crippen molar-refractivity contribution in [2.24, 2.45) is 0 Å². The van der Waals surface area contributed by atoms with Gasteiger partial charge in [0.05, 0.1) is 6.10 Å². The summed E-state index contributed by atoms with van der Waals surface area (Å²) >= 11 is 0. The third kappa shape index (κ3) is 5.07. The summed E-state index contributed by atoms with van der Waals surface area (Å²) in [4.78, 5) is 13.9. The predicted molar refractivity (Wildman–Crippen MR) is 69.8 cm³/mol. The molecule has 0 aromatic carbocycles. The van der Waals surface area contributed by atoms with Crippen molar-refractivity contribution in [3.63, 3.8) is 0 Å². The van der Waals surface area contributed by atoms with Gasteiger partial charge in [-0.15, -0.1) is 0 Å². The minimum atomic E-state index is -0.140. The van der Waals surface area contributed by atoms with Gasteiger partial charge in [0.2, 0.25) is 5.91 Å². The molecule has 0 bridgehead atoms. The maximum atomic E-state index is 12.0. The molecular formula is C14H27NO2. The molecule has 3 heteroatoms. The lowest BCUT2D eigenvalue weighted by Crippen LogP contribution is -2.40. The number of carbonyl (C=O) groups excluding carboxylic acids is 1. The van der Waals surface area contributed by atoms with Crippen molar-refractivity contribution in [2.75, 3.05) is 7.05 Å². The number of unbranched alkanes of at least 4 members (excludes halogenated alkanes) is 3. The van der Waals surface area contributed by atoms with Gasteiger partial charge in [0, 0.05) is 19.5 Å². The first-order valence-electron chi connectivity index (χ1n) is 7.08. The normalized spacial score (nSPS) is 24.6. The third-order valence-electron chi connectivity index (χ3n) is 3.85. The Balaban J connectivity index is 2.21. The minimum absolute atomic E-state index is 0.140. The molecule has 0 atom stereocenters. The summed E-state index contributed by atoms with van der Waals surface area (Å²) in [5.74, 6) is 0.280. The van der Waals surface area contributed by atoms with E-state index in [4.69, 9.17) is 0 Å². The lowest BCUT2D eigenvalue weighted by molar-refractivity contribution is -0.133. The van der Waals surface area contributed by atoms with Crippen molar-refractivity contribution in [1.82, 2.24) is 4.90 Å². The van der Waals surface area contributed by atoms with Gasteiger partial charge in [-0.05, 0) is 32.1 Å². The van der Waals surface area contributed by atoms with Crippen LogP contribution in [0.1, 0.15) is 64.7 Å². The smallest absolute Gasteiger partial charge is 0.222 e. The van der Waals surface area contributed by atoms with E-state index in [1.807, 2.05) is 11.9 Å². The molecule has 0 unspecified atom stereocenters. The molecule has 0 aromatic rings. The van der Waals surface area contributed by atoms with Gasteiger partial charge in [-0.3, -0.25) is 4.79 Å². The van der Waals surface area contributed by atoms with Gasteiger partial charge in [-0.25, -0.2) is 0 Å². The Kier molecular flexibility index (Phi) is 6.56. The van der Waals surface area contributed by atoms with Gasteiger partial charge in [0.25, 0.3) is 0 Å². The maximum Gasteiger partial charge on any atom is 0.222 e. The number of nitrogens with zero attached hydrogens (tertiary/aromatic N) is 1. The number of hydrogen-bond donors (Lipinski definition) is 1. The molecule has 0 aromatic heterocycles. The molecule has 1 saturated carbocycles. The predicted octanol–water partition coefficient (Wildman–Crippen LogP) is 2.72. The highest BCUT2D eigenvalue weighted by Gasteiger charge is 2.24. The largest absolute Gasteiger partial charge is 0.393 e. The van der Waals surface area contributed by atoms with Crippen LogP contribution in [0.4, 0.5) is 0 Å². The van der Waals surface area contributed by atoms with E-state index in [9.17, 15) is 9.90 Å². The SMILES string of the molecule is CCCCCCC(=O)N(C)C1CCC(O)CC1. The Morgan fingerprint density at radius 3 is 2.41 bits per heavy atom. The first-order chi connectivity index (χ1) is 8.15. The van der Waals surface area contributed by atoms with Gasteiger partial charge in [-0.2, -0.15) is 0 Å². The number of hydrogen-bond acceptors (Lipinski definition) is 2. The zero-order chi connectivity index (χ0) is 12.7. The van der Waals surface area contributed by atoms with Crippen LogP contribution >= 0.6 is 0 Å². The molecule has 3 nitrogen and oxygen atoms in total. The van der Waals surface area contributed by atoms with E-state index in [0.717, 1.165) is 32.1 Å². The van der Waals surface area contributed by atoms with Crippen LogP contribution < -0.4 is 0 Å². The monoisotopic (exact) mass is 241 g/mol. The summed E-state index contributed by atoms with van der Waals surface area (Å²) < 4.78 is 0. The van der Waals surface area contributed by atoms with E-state index in [1.165, 1.54) is 19.3 Å². The molecule has 0 aliphatic heterocycles. The standard InChI is InChI=1S/C14H27NO2/c1-3-4-5-6-7-14(17)15(2)12-8-10-13(16)11-9-12/h12-13,16H,3-11H2,1-2H3. The van der Waals surface area contributed by atoms with E-state index in [1.54, 1.807) is 0 Å². The van der Waals surface area contributed by atoms with Crippen molar-refractivity contribution in [1.29, 1.82) is 0 Å². The van der Waals surface area contributed by atoms with Crippen LogP contribution in [0.3, 0.4) is 0 Å². The Hall–Kier alpha value is -0.570. The molecule has 1 aliphatic carbocycles. The van der Waals surface area contributed by atoms with E-state index in [0.29, 0.717) is 12.5 Å². The van der Waals surface area contributed by atoms with Crippen molar-refractivity contribution < 1.29 is 9.90 Å². The first-order valence-corrected chi connectivity index (χ1v) is 7.08. The molecule has 0 spiro atoms. The Morgan fingerprint density at radius 1 is 1.18 bits per heavy atom. The lowest BCUT2D eigenvalue weighted by atomic mass is 9.92. The second-order valence-electron chi connectivity index (χ2n) is 5.28. The van der Waals surface area contributed by atoms with Crippen molar-refractivity contribution >= 4 is 5.91 Å². The van der Waals surface area contributed by atoms with Crippen molar-refractivity contribution in [3.05, 3.63) is 0 Å². The first kappa shape index (κ1) is 14.5. The van der Waals surface area contributed by atoms with Crippen molar-refractivity contribution in [3.8, 4) is 0 Å². The number of carbonyl (C=O) groups is 1. The minimum Gasteiger partial charge on any atom is -0.393 e. The summed E-state index contributed by atoms with van der Waals surface area (Å²) in [5, 5.41) is 9.44. The van der Waals surface area contributed by atoms with Crippen LogP contribution in [0.25, 0.3) is 0 Å². The molecule has 0 saturated heterocycles. The summed E-state index contributed by atoms with van der Waals surface area (Å²) in [6.07, 6.45) is 8.78. The third-order valence-corrected chi connectivity index (χ3v) is 3.85. The van der Waals surface area contributed by atoms with Crippen LogP contribution in [0.15, 0.2) is 0 Å². The topological polar surface area (TPSA) is 40.5 Å². The van der Waals surface area contributed by atoms with E-state index in [-0.39, 0.29) is 12.0 Å². The van der Waals surface area contributed by atoms with Gasteiger partial charge in [0.1, 0.15) is 0 Å². The number of rotatable bonds is 6. The van der Waals surface area contributed by atoms with Crippen LogP contribution in [-0.2, 0) is 4.79 Å². The van der Waals surface area contributed by atoms with Gasteiger partial charge in [0.15, 0.2) is 0 Å². The highest BCUT2D eigenvalue weighted by Crippen LogP contribution is 2.22. The maximum absolute atomic E-state index is 12.0. The van der Waals surface area contributed by atoms with Crippen LogP contribution in [0.5, 0.6) is 0 Å². The van der Waals surface area contributed by atoms with Crippen LogP contribution in [0, 0.1) is 0 Å². The van der Waals surface area contributed by atoms with Gasteiger partial charge < -0.3 is 10.0 Å². The molecule has 1 amide bonds. The Bertz CT molecular complexity index is 222. The molecular weight excluding hydrogens is 214 g/mol. The molecule has 100 valence electrons. The van der Waals surface area contributed by atoms with Gasteiger partial charge >= 0.3 is 0 Å². The fourth-order valence-corrected chi connectivity index (χ4v) is 2.53. The summed E-state index contributed by atoms with van der Waals surface area (Å²) in [6.45, 7) is 2.18. The zero-order valence-corrected chi connectivity index (χ0v) is 11.3. The average molecular weight is 241 g/mol.